The van der Waals surface area contributed by atoms with Gasteiger partial charge in [-0.05, 0) is 26.3 Å². The van der Waals surface area contributed by atoms with E-state index in [0.29, 0.717) is 0 Å². The molecule has 84 valence electrons. The van der Waals surface area contributed by atoms with Crippen LogP contribution < -0.4 is 4.65 Å². The van der Waals surface area contributed by atoms with E-state index in [4.69, 9.17) is 0 Å². The molecule has 0 aromatic rings. The van der Waals surface area contributed by atoms with Crippen LogP contribution in [0, 0.1) is 0 Å². The molecule has 0 atom stereocenters. The highest BCUT2D eigenvalue weighted by molar-refractivity contribution is 7.01. The first-order valence-electron chi connectivity index (χ1n) is 5.10. The van der Waals surface area contributed by atoms with Gasteiger partial charge in [-0.3, -0.25) is 0 Å². The Kier molecular flexibility index (Phi) is 3.56. The van der Waals surface area contributed by atoms with Crippen LogP contribution in [0.2, 0.25) is 13.1 Å². The van der Waals surface area contributed by atoms with E-state index in [1.807, 2.05) is 6.20 Å². The largest absolute Gasteiger partial charge is 0.406 e. The molecule has 0 spiro atoms. The average Bonchev–Trinajstić information content (AvgIpc) is 2.22. The Morgan fingerprint density at radius 3 is 2.13 bits per heavy atom. The molecule has 0 aromatic carbocycles. The summed E-state index contributed by atoms with van der Waals surface area (Å²) in [5.74, 6) is 0. The molecular formula is C9H21N3Si3. The van der Waals surface area contributed by atoms with Crippen molar-refractivity contribution in [2.75, 3.05) is 7.05 Å². The number of nitrogens with one attached hydrogen (secondary N) is 1. The van der Waals surface area contributed by atoms with E-state index in [1.165, 1.54) is 0 Å². The summed E-state index contributed by atoms with van der Waals surface area (Å²) in [6.45, 7) is 16.6. The number of nitrogens with zero attached hydrogens (tertiary/aromatic N) is 2. The minimum absolute atomic E-state index is 0.435. The zero-order valence-electron chi connectivity index (χ0n) is 9.95. The molecule has 1 fully saturated rings. The van der Waals surface area contributed by atoms with Crippen LogP contribution in [-0.2, 0) is 0 Å². The van der Waals surface area contributed by atoms with Crippen molar-refractivity contribution < 1.29 is 0 Å². The number of hydrogen-bond donors (Lipinski definition) is 1. The van der Waals surface area contributed by atoms with E-state index in [9.17, 15) is 0 Å². The fraction of sp³-hybridized carbons (Fsp3) is 0.333. The van der Waals surface area contributed by atoms with Crippen molar-refractivity contribution in [1.29, 1.82) is 0 Å². The SMILES string of the molecule is C=CN1[SiH2]N[Si](C)(C)N(C)[Si]1(C=C)C=C. The molecule has 1 aliphatic rings. The monoisotopic (exact) mass is 255 g/mol. The molecule has 6 heteroatoms. The third-order valence-electron chi connectivity index (χ3n) is 3.34. The fourth-order valence-electron chi connectivity index (χ4n) is 1.97. The average molecular weight is 256 g/mol. The summed E-state index contributed by atoms with van der Waals surface area (Å²) in [6.07, 6.45) is 1.95. The summed E-state index contributed by atoms with van der Waals surface area (Å²) in [5.41, 5.74) is 4.20. The lowest BCUT2D eigenvalue weighted by molar-refractivity contribution is 0.642. The highest BCUT2D eigenvalue weighted by atomic mass is 28.5. The molecule has 0 saturated carbocycles. The van der Waals surface area contributed by atoms with Gasteiger partial charge in [-0.1, -0.05) is 18.0 Å². The minimum atomic E-state index is -1.86. The number of hydrogen-bond acceptors (Lipinski definition) is 3. The molecule has 15 heavy (non-hydrogen) atoms. The molecule has 0 unspecified atom stereocenters. The molecule has 0 bridgehead atoms. The second kappa shape index (κ2) is 4.22. The maximum Gasteiger partial charge on any atom is 0.272 e. The summed E-state index contributed by atoms with van der Waals surface area (Å²) < 4.78 is 8.61. The topological polar surface area (TPSA) is 18.5 Å². The highest BCUT2D eigenvalue weighted by Crippen LogP contribution is 2.24. The normalized spacial score (nSPS) is 26.2. The van der Waals surface area contributed by atoms with E-state index < -0.39 is 26.6 Å². The fourth-order valence-corrected chi connectivity index (χ4v) is 15.9. The minimum Gasteiger partial charge on any atom is -0.406 e. The number of rotatable bonds is 3. The molecule has 1 saturated heterocycles. The van der Waals surface area contributed by atoms with E-state index in [1.54, 1.807) is 0 Å². The van der Waals surface area contributed by atoms with Crippen LogP contribution in [0.15, 0.2) is 37.3 Å². The van der Waals surface area contributed by atoms with Gasteiger partial charge in [0.2, 0.25) is 0 Å². The quantitative estimate of drug-likeness (QED) is 0.744. The lowest BCUT2D eigenvalue weighted by atomic mass is 11.1. The van der Waals surface area contributed by atoms with E-state index in [2.05, 4.69) is 64.4 Å². The van der Waals surface area contributed by atoms with Gasteiger partial charge in [0.05, 0.1) is 0 Å². The maximum absolute atomic E-state index is 4.02. The molecule has 1 aliphatic heterocycles. The third-order valence-corrected chi connectivity index (χ3v) is 17.8. The van der Waals surface area contributed by atoms with Crippen LogP contribution in [-0.4, -0.2) is 42.1 Å². The molecule has 0 amide bonds. The zero-order valence-corrected chi connectivity index (χ0v) is 13.4. The Bertz CT molecular complexity index is 282. The smallest absolute Gasteiger partial charge is 0.272 e. The van der Waals surface area contributed by atoms with Crippen LogP contribution in [0.25, 0.3) is 0 Å². The van der Waals surface area contributed by atoms with Gasteiger partial charge in [-0.15, -0.1) is 13.2 Å². The van der Waals surface area contributed by atoms with Gasteiger partial charge in [0.25, 0.3) is 8.40 Å². The molecule has 1 rings (SSSR count). The molecule has 0 aromatic heterocycles. The van der Waals surface area contributed by atoms with Crippen molar-refractivity contribution in [2.45, 2.75) is 13.1 Å². The lowest BCUT2D eigenvalue weighted by Crippen LogP contribution is -2.80. The first-order valence-corrected chi connectivity index (χ1v) is 11.4. The lowest BCUT2D eigenvalue weighted by Gasteiger charge is -2.54. The first kappa shape index (κ1) is 12.7. The Balaban J connectivity index is 3.18. The van der Waals surface area contributed by atoms with Gasteiger partial charge >= 0.3 is 0 Å². The van der Waals surface area contributed by atoms with Crippen molar-refractivity contribution in [3.63, 3.8) is 0 Å². The molecule has 3 nitrogen and oxygen atoms in total. The van der Waals surface area contributed by atoms with Gasteiger partial charge < -0.3 is 13.1 Å². The van der Waals surface area contributed by atoms with Crippen molar-refractivity contribution in [3.8, 4) is 0 Å². The summed E-state index contributed by atoms with van der Waals surface area (Å²) in [5, 5.41) is 0. The summed E-state index contributed by atoms with van der Waals surface area (Å²) in [4.78, 5) is 0. The van der Waals surface area contributed by atoms with Gasteiger partial charge in [-0.25, -0.2) is 0 Å². The van der Waals surface area contributed by atoms with Gasteiger partial charge in [0.1, 0.15) is 0 Å². The van der Waals surface area contributed by atoms with Crippen LogP contribution in [0.4, 0.5) is 0 Å². The zero-order chi connectivity index (χ0) is 11.7. The highest BCUT2D eigenvalue weighted by Gasteiger charge is 2.48. The van der Waals surface area contributed by atoms with Crippen molar-refractivity contribution in [1.82, 2.24) is 13.1 Å². The standard InChI is InChI=1S/C9H21N3Si3/c1-7-12-13-10-14(5,6)11(4)15(12,8-2)9-3/h7-10H,1-3,13H2,4-6H3. The molecule has 0 aliphatic carbocycles. The maximum atomic E-state index is 4.02. The molecule has 1 heterocycles. The van der Waals surface area contributed by atoms with Gasteiger partial charge in [-0.2, -0.15) is 0 Å². The van der Waals surface area contributed by atoms with Crippen LogP contribution in [0.3, 0.4) is 0 Å². The van der Waals surface area contributed by atoms with Crippen molar-refractivity contribution in [2.24, 2.45) is 0 Å². The summed E-state index contributed by atoms with van der Waals surface area (Å²) in [7, 11) is -1.56. The molecule has 0 radical (unpaired) electrons. The Morgan fingerprint density at radius 2 is 1.73 bits per heavy atom. The van der Waals surface area contributed by atoms with Crippen LogP contribution >= 0.6 is 0 Å². The molecular weight excluding hydrogens is 234 g/mol. The van der Waals surface area contributed by atoms with Crippen LogP contribution in [0.5, 0.6) is 0 Å². The Hall–Kier alpha value is -0.409. The summed E-state index contributed by atoms with van der Waals surface area (Å²) in [6, 6.07) is 0. The first-order chi connectivity index (χ1) is 6.94. The van der Waals surface area contributed by atoms with Gasteiger partial charge in [0.15, 0.2) is 18.2 Å². The van der Waals surface area contributed by atoms with Crippen molar-refractivity contribution >= 4 is 26.6 Å². The third kappa shape index (κ3) is 1.83. The van der Waals surface area contributed by atoms with E-state index >= 15 is 0 Å². The van der Waals surface area contributed by atoms with Crippen LogP contribution in [0.1, 0.15) is 0 Å². The van der Waals surface area contributed by atoms with Crippen molar-refractivity contribution in [3.05, 3.63) is 37.3 Å². The Morgan fingerprint density at radius 1 is 1.20 bits per heavy atom. The predicted molar refractivity (Wildman–Crippen MR) is 75.1 cm³/mol. The summed E-state index contributed by atoms with van der Waals surface area (Å²) >= 11 is 0. The van der Waals surface area contributed by atoms with E-state index in [-0.39, 0.29) is 0 Å². The second-order valence-electron chi connectivity index (χ2n) is 4.30. The predicted octanol–water partition coefficient (Wildman–Crippen LogP) is 0.560. The second-order valence-corrected chi connectivity index (χ2v) is 15.2. The van der Waals surface area contributed by atoms with Gasteiger partial charge in [0, 0.05) is 0 Å². The Labute approximate surface area is 97.5 Å². The molecule has 1 N–H and O–H groups in total. The van der Waals surface area contributed by atoms with E-state index in [0.717, 1.165) is 0 Å².